The molecule has 1 nitrogen and oxygen atoms in total. The minimum atomic E-state index is -0.218. The Morgan fingerprint density at radius 3 is 1.70 bits per heavy atom. The molecule has 1 atom stereocenters. The molecule has 0 spiro atoms. The molecule has 2 aromatic rings. The summed E-state index contributed by atoms with van der Waals surface area (Å²) < 4.78 is 0. The van der Waals surface area contributed by atoms with Crippen molar-refractivity contribution < 1.29 is 0 Å². The molecule has 0 aromatic heterocycles. The number of hydrogen-bond donors (Lipinski definition) is 1. The summed E-state index contributed by atoms with van der Waals surface area (Å²) in [7, 11) is 0. The van der Waals surface area contributed by atoms with E-state index in [4.69, 9.17) is 28.9 Å². The van der Waals surface area contributed by atoms with Crippen LogP contribution in [0.5, 0.6) is 0 Å². The molecule has 0 radical (unpaired) electrons. The fraction of sp³-hybridized carbons (Fsp3) is 0.294. The first-order valence-corrected chi connectivity index (χ1v) is 7.35. The van der Waals surface area contributed by atoms with Crippen molar-refractivity contribution in [2.75, 3.05) is 0 Å². The Kier molecular flexibility index (Phi) is 4.43. The monoisotopic (exact) mass is 307 g/mol. The van der Waals surface area contributed by atoms with Crippen LogP contribution in [0.3, 0.4) is 0 Å². The highest BCUT2D eigenvalue weighted by atomic mass is 35.5. The van der Waals surface area contributed by atoms with Crippen LogP contribution in [0.25, 0.3) is 0 Å². The summed E-state index contributed by atoms with van der Waals surface area (Å²) in [4.78, 5) is 0. The Balaban J connectivity index is 2.61. The molecule has 0 amide bonds. The second-order valence-corrected chi connectivity index (χ2v) is 6.23. The van der Waals surface area contributed by atoms with Gasteiger partial charge in [0.05, 0.1) is 6.04 Å². The minimum Gasteiger partial charge on any atom is -0.320 e. The predicted molar refractivity (Wildman–Crippen MR) is 87.9 cm³/mol. The Labute approximate surface area is 130 Å². The lowest BCUT2D eigenvalue weighted by atomic mass is 9.87. The van der Waals surface area contributed by atoms with Crippen LogP contribution in [0, 0.1) is 27.7 Å². The van der Waals surface area contributed by atoms with E-state index in [-0.39, 0.29) is 6.04 Å². The molecule has 1 unspecified atom stereocenters. The molecule has 0 heterocycles. The first-order chi connectivity index (χ1) is 9.31. The van der Waals surface area contributed by atoms with Gasteiger partial charge < -0.3 is 5.73 Å². The molecule has 0 saturated heterocycles. The van der Waals surface area contributed by atoms with E-state index in [0.29, 0.717) is 10.0 Å². The fourth-order valence-corrected chi connectivity index (χ4v) is 3.18. The van der Waals surface area contributed by atoms with Crippen LogP contribution >= 0.6 is 23.2 Å². The zero-order valence-electron chi connectivity index (χ0n) is 12.2. The molecule has 2 rings (SSSR count). The SMILES string of the molecule is Cc1cc(C)c(C)c(C(N)c2cc(Cl)cc(Cl)c2)c1C. The standard InChI is InChI=1S/C17H19Cl2N/c1-9-5-10(2)12(4)16(11(9)3)17(20)13-6-14(18)8-15(19)7-13/h5-8,17H,20H2,1-4H3. The maximum absolute atomic E-state index is 6.48. The van der Waals surface area contributed by atoms with E-state index in [1.54, 1.807) is 6.07 Å². The van der Waals surface area contributed by atoms with Crippen molar-refractivity contribution in [3.8, 4) is 0 Å². The molecular formula is C17H19Cl2N. The number of nitrogens with two attached hydrogens (primary N) is 1. The highest BCUT2D eigenvalue weighted by Crippen LogP contribution is 2.32. The van der Waals surface area contributed by atoms with Crippen molar-refractivity contribution in [3.63, 3.8) is 0 Å². The van der Waals surface area contributed by atoms with E-state index in [1.165, 1.54) is 27.8 Å². The average Bonchev–Trinajstić information content (AvgIpc) is 2.35. The Hall–Kier alpha value is -1.02. The van der Waals surface area contributed by atoms with Crippen molar-refractivity contribution in [3.05, 3.63) is 67.7 Å². The highest BCUT2D eigenvalue weighted by Gasteiger charge is 2.17. The Bertz CT molecular complexity index is 616. The van der Waals surface area contributed by atoms with Gasteiger partial charge in [0.1, 0.15) is 0 Å². The van der Waals surface area contributed by atoms with E-state index in [1.807, 2.05) is 12.1 Å². The molecule has 20 heavy (non-hydrogen) atoms. The summed E-state index contributed by atoms with van der Waals surface area (Å²) in [5.41, 5.74) is 13.6. The molecule has 0 aliphatic rings. The maximum atomic E-state index is 6.48. The van der Waals surface area contributed by atoms with Crippen LogP contribution < -0.4 is 5.73 Å². The van der Waals surface area contributed by atoms with Gasteiger partial charge in [0.15, 0.2) is 0 Å². The lowest BCUT2D eigenvalue weighted by Crippen LogP contribution is -2.16. The van der Waals surface area contributed by atoms with Crippen LogP contribution in [0.15, 0.2) is 24.3 Å². The quantitative estimate of drug-likeness (QED) is 0.803. The first-order valence-electron chi connectivity index (χ1n) is 6.60. The smallest absolute Gasteiger partial charge is 0.0558 e. The van der Waals surface area contributed by atoms with Gasteiger partial charge in [-0.15, -0.1) is 0 Å². The Morgan fingerprint density at radius 2 is 1.25 bits per heavy atom. The molecule has 2 aromatic carbocycles. The number of rotatable bonds is 2. The van der Waals surface area contributed by atoms with Crippen LogP contribution in [0.1, 0.15) is 39.4 Å². The van der Waals surface area contributed by atoms with Gasteiger partial charge in [-0.05, 0) is 79.3 Å². The molecule has 106 valence electrons. The van der Waals surface area contributed by atoms with Gasteiger partial charge in [0, 0.05) is 10.0 Å². The molecule has 0 aliphatic carbocycles. The van der Waals surface area contributed by atoms with Gasteiger partial charge in [-0.2, -0.15) is 0 Å². The van der Waals surface area contributed by atoms with Crippen molar-refractivity contribution in [1.82, 2.24) is 0 Å². The molecule has 3 heteroatoms. The zero-order valence-corrected chi connectivity index (χ0v) is 13.7. The van der Waals surface area contributed by atoms with E-state index in [0.717, 1.165) is 5.56 Å². The van der Waals surface area contributed by atoms with E-state index < -0.39 is 0 Å². The normalized spacial score (nSPS) is 12.6. The number of halogens is 2. The topological polar surface area (TPSA) is 26.0 Å². The first kappa shape index (κ1) is 15.4. The molecule has 2 N–H and O–H groups in total. The second-order valence-electron chi connectivity index (χ2n) is 5.35. The number of aryl methyl sites for hydroxylation is 2. The third-order valence-corrected chi connectivity index (χ3v) is 4.42. The molecule has 0 saturated carbocycles. The largest absolute Gasteiger partial charge is 0.320 e. The van der Waals surface area contributed by atoms with E-state index in [9.17, 15) is 0 Å². The average molecular weight is 308 g/mol. The molecule has 0 bridgehead atoms. The zero-order chi connectivity index (χ0) is 15.0. The maximum Gasteiger partial charge on any atom is 0.0558 e. The highest BCUT2D eigenvalue weighted by molar-refractivity contribution is 6.34. The predicted octanol–water partition coefficient (Wildman–Crippen LogP) is 5.28. The molecular weight excluding hydrogens is 289 g/mol. The minimum absolute atomic E-state index is 0.218. The van der Waals surface area contributed by atoms with Crippen molar-refractivity contribution in [2.24, 2.45) is 5.73 Å². The summed E-state index contributed by atoms with van der Waals surface area (Å²) in [5.74, 6) is 0. The summed E-state index contributed by atoms with van der Waals surface area (Å²) in [6.07, 6.45) is 0. The summed E-state index contributed by atoms with van der Waals surface area (Å²) in [5, 5.41) is 1.23. The second kappa shape index (κ2) is 5.77. The lowest BCUT2D eigenvalue weighted by molar-refractivity contribution is 0.845. The van der Waals surface area contributed by atoms with Gasteiger partial charge in [-0.1, -0.05) is 29.3 Å². The third-order valence-electron chi connectivity index (χ3n) is 3.98. The lowest BCUT2D eigenvalue weighted by Gasteiger charge is -2.21. The summed E-state index contributed by atoms with van der Waals surface area (Å²) >= 11 is 12.2. The fourth-order valence-electron chi connectivity index (χ4n) is 2.64. The van der Waals surface area contributed by atoms with Crippen molar-refractivity contribution in [1.29, 1.82) is 0 Å². The number of hydrogen-bond acceptors (Lipinski definition) is 1. The number of benzene rings is 2. The third kappa shape index (κ3) is 2.85. The van der Waals surface area contributed by atoms with Gasteiger partial charge in [0.25, 0.3) is 0 Å². The molecule has 0 fully saturated rings. The van der Waals surface area contributed by atoms with E-state index >= 15 is 0 Å². The van der Waals surface area contributed by atoms with Crippen LogP contribution in [0.2, 0.25) is 10.0 Å². The van der Waals surface area contributed by atoms with Gasteiger partial charge in [-0.25, -0.2) is 0 Å². The van der Waals surface area contributed by atoms with Crippen LogP contribution in [0.4, 0.5) is 0 Å². The van der Waals surface area contributed by atoms with Crippen LogP contribution in [-0.4, -0.2) is 0 Å². The van der Waals surface area contributed by atoms with Crippen LogP contribution in [-0.2, 0) is 0 Å². The van der Waals surface area contributed by atoms with Gasteiger partial charge in [-0.3, -0.25) is 0 Å². The van der Waals surface area contributed by atoms with E-state index in [2.05, 4.69) is 33.8 Å². The van der Waals surface area contributed by atoms with Crippen molar-refractivity contribution in [2.45, 2.75) is 33.7 Å². The Morgan fingerprint density at radius 1 is 0.800 bits per heavy atom. The summed E-state index contributed by atoms with van der Waals surface area (Å²) in [6, 6.07) is 7.47. The molecule has 0 aliphatic heterocycles. The summed E-state index contributed by atoms with van der Waals surface area (Å²) in [6.45, 7) is 8.46. The van der Waals surface area contributed by atoms with Gasteiger partial charge in [0.2, 0.25) is 0 Å². The van der Waals surface area contributed by atoms with Crippen molar-refractivity contribution >= 4 is 23.2 Å². The van der Waals surface area contributed by atoms with Gasteiger partial charge >= 0.3 is 0 Å².